The van der Waals surface area contributed by atoms with Gasteiger partial charge in [0.2, 0.25) is 5.91 Å². The van der Waals surface area contributed by atoms with Crippen molar-refractivity contribution < 1.29 is 9.21 Å². The molecular weight excluding hydrogens is 240 g/mol. The second-order valence-electron chi connectivity index (χ2n) is 5.33. The predicted octanol–water partition coefficient (Wildman–Crippen LogP) is 2.56. The smallest absolute Gasteiger partial charge is 0.240 e. The predicted molar refractivity (Wildman–Crippen MR) is 75.0 cm³/mol. The standard InChI is InChI=1S/C15H24N2O2/c1-5-16-14-7-6-8-17(15(14)18)11(3)13-9-10(2)19-12(13)4/h9,11,14,16H,5-8H2,1-4H3. The van der Waals surface area contributed by atoms with E-state index < -0.39 is 0 Å². The van der Waals surface area contributed by atoms with Gasteiger partial charge in [0, 0.05) is 12.1 Å². The number of likely N-dealkylation sites (N-methyl/N-ethyl adjacent to an activating group) is 1. The van der Waals surface area contributed by atoms with Crippen LogP contribution in [0.15, 0.2) is 10.5 Å². The van der Waals surface area contributed by atoms with Gasteiger partial charge in [-0.2, -0.15) is 0 Å². The molecule has 1 N–H and O–H groups in total. The van der Waals surface area contributed by atoms with Crippen molar-refractivity contribution in [2.75, 3.05) is 13.1 Å². The third-order valence-corrected chi connectivity index (χ3v) is 3.92. The van der Waals surface area contributed by atoms with Crippen molar-refractivity contribution >= 4 is 5.91 Å². The number of amides is 1. The van der Waals surface area contributed by atoms with Gasteiger partial charge in [-0.3, -0.25) is 4.79 Å². The van der Waals surface area contributed by atoms with Crippen LogP contribution in [0.1, 0.15) is 49.8 Å². The van der Waals surface area contributed by atoms with E-state index in [1.54, 1.807) is 0 Å². The van der Waals surface area contributed by atoms with Crippen LogP contribution in [0.4, 0.5) is 0 Å². The number of piperidine rings is 1. The fourth-order valence-electron chi connectivity index (χ4n) is 2.95. The molecule has 1 aromatic heterocycles. The zero-order chi connectivity index (χ0) is 14.0. The average Bonchev–Trinajstić information content (AvgIpc) is 2.70. The van der Waals surface area contributed by atoms with E-state index in [0.29, 0.717) is 0 Å². The van der Waals surface area contributed by atoms with Crippen LogP contribution in [-0.2, 0) is 4.79 Å². The quantitative estimate of drug-likeness (QED) is 0.909. The number of rotatable bonds is 4. The summed E-state index contributed by atoms with van der Waals surface area (Å²) in [5.74, 6) is 2.05. The van der Waals surface area contributed by atoms with Crippen molar-refractivity contribution in [3.63, 3.8) is 0 Å². The molecule has 2 heterocycles. The highest BCUT2D eigenvalue weighted by atomic mass is 16.3. The van der Waals surface area contributed by atoms with Crippen molar-refractivity contribution in [1.29, 1.82) is 0 Å². The summed E-state index contributed by atoms with van der Waals surface area (Å²) in [7, 11) is 0. The van der Waals surface area contributed by atoms with Crippen molar-refractivity contribution in [1.82, 2.24) is 10.2 Å². The number of likely N-dealkylation sites (tertiary alicyclic amines) is 1. The fraction of sp³-hybridized carbons (Fsp3) is 0.667. The van der Waals surface area contributed by atoms with E-state index in [1.807, 2.05) is 31.7 Å². The number of carbonyl (C=O) groups is 1. The SMILES string of the molecule is CCNC1CCCN(C(C)c2cc(C)oc2C)C1=O. The first kappa shape index (κ1) is 14.1. The summed E-state index contributed by atoms with van der Waals surface area (Å²) in [6.07, 6.45) is 2.00. The lowest BCUT2D eigenvalue weighted by atomic mass is 9.99. The molecule has 2 atom stereocenters. The van der Waals surface area contributed by atoms with Crippen molar-refractivity contribution in [3.05, 3.63) is 23.2 Å². The Morgan fingerprint density at radius 1 is 1.53 bits per heavy atom. The molecule has 0 aromatic carbocycles. The monoisotopic (exact) mass is 264 g/mol. The summed E-state index contributed by atoms with van der Waals surface area (Å²) in [6, 6.07) is 2.12. The highest BCUT2D eigenvalue weighted by Crippen LogP contribution is 2.29. The van der Waals surface area contributed by atoms with E-state index in [9.17, 15) is 4.79 Å². The molecule has 19 heavy (non-hydrogen) atoms. The average molecular weight is 264 g/mol. The van der Waals surface area contributed by atoms with E-state index in [2.05, 4.69) is 12.2 Å². The Balaban J connectivity index is 2.16. The molecule has 0 radical (unpaired) electrons. The molecule has 1 saturated heterocycles. The number of hydrogen-bond donors (Lipinski definition) is 1. The first-order valence-electron chi connectivity index (χ1n) is 7.15. The summed E-state index contributed by atoms with van der Waals surface area (Å²) in [5.41, 5.74) is 1.13. The Morgan fingerprint density at radius 3 is 2.84 bits per heavy atom. The molecule has 1 aliphatic heterocycles. The molecule has 0 saturated carbocycles. The minimum Gasteiger partial charge on any atom is -0.466 e. The molecule has 2 rings (SSSR count). The molecule has 1 aromatic rings. The number of nitrogens with one attached hydrogen (secondary N) is 1. The molecule has 1 fully saturated rings. The normalized spacial score (nSPS) is 21.8. The fourth-order valence-corrected chi connectivity index (χ4v) is 2.95. The molecule has 1 aliphatic rings. The molecule has 2 unspecified atom stereocenters. The first-order valence-corrected chi connectivity index (χ1v) is 7.15. The van der Waals surface area contributed by atoms with E-state index in [-0.39, 0.29) is 18.0 Å². The Morgan fingerprint density at radius 2 is 2.26 bits per heavy atom. The third-order valence-electron chi connectivity index (χ3n) is 3.92. The Kier molecular flexibility index (Phi) is 4.30. The number of furan rings is 1. The summed E-state index contributed by atoms with van der Waals surface area (Å²) >= 11 is 0. The third kappa shape index (κ3) is 2.84. The largest absolute Gasteiger partial charge is 0.466 e. The summed E-state index contributed by atoms with van der Waals surface area (Å²) < 4.78 is 5.58. The van der Waals surface area contributed by atoms with E-state index in [0.717, 1.165) is 43.0 Å². The van der Waals surface area contributed by atoms with Gasteiger partial charge in [0.05, 0.1) is 12.1 Å². The molecular formula is C15H24N2O2. The zero-order valence-corrected chi connectivity index (χ0v) is 12.3. The van der Waals surface area contributed by atoms with Gasteiger partial charge in [-0.15, -0.1) is 0 Å². The van der Waals surface area contributed by atoms with Crippen LogP contribution < -0.4 is 5.32 Å². The van der Waals surface area contributed by atoms with Gasteiger partial charge < -0.3 is 14.6 Å². The van der Waals surface area contributed by atoms with Gasteiger partial charge in [0.1, 0.15) is 11.5 Å². The van der Waals surface area contributed by atoms with Gasteiger partial charge in [-0.25, -0.2) is 0 Å². The zero-order valence-electron chi connectivity index (χ0n) is 12.3. The highest BCUT2D eigenvalue weighted by Gasteiger charge is 2.32. The lowest BCUT2D eigenvalue weighted by molar-refractivity contribution is -0.138. The Hall–Kier alpha value is -1.29. The van der Waals surface area contributed by atoms with Gasteiger partial charge >= 0.3 is 0 Å². The summed E-state index contributed by atoms with van der Waals surface area (Å²) in [4.78, 5) is 14.5. The summed E-state index contributed by atoms with van der Waals surface area (Å²) in [5, 5.41) is 3.28. The van der Waals surface area contributed by atoms with Crippen LogP contribution in [0.25, 0.3) is 0 Å². The number of aryl methyl sites for hydroxylation is 2. The molecule has 0 bridgehead atoms. The Bertz CT molecular complexity index is 451. The minimum absolute atomic E-state index is 0.0190. The number of hydrogen-bond acceptors (Lipinski definition) is 3. The van der Waals surface area contributed by atoms with E-state index in [4.69, 9.17) is 4.42 Å². The second kappa shape index (κ2) is 5.78. The van der Waals surface area contributed by atoms with Crippen molar-refractivity contribution in [2.45, 2.75) is 52.6 Å². The maximum atomic E-state index is 12.5. The number of nitrogens with zero attached hydrogens (tertiary/aromatic N) is 1. The minimum atomic E-state index is -0.0190. The molecule has 0 aliphatic carbocycles. The number of carbonyl (C=O) groups excluding carboxylic acids is 1. The summed E-state index contributed by atoms with van der Waals surface area (Å²) in [6.45, 7) is 9.72. The second-order valence-corrected chi connectivity index (χ2v) is 5.33. The maximum absolute atomic E-state index is 12.5. The van der Waals surface area contributed by atoms with E-state index >= 15 is 0 Å². The van der Waals surface area contributed by atoms with Crippen LogP contribution in [0.2, 0.25) is 0 Å². The molecule has 4 nitrogen and oxygen atoms in total. The molecule has 106 valence electrons. The van der Waals surface area contributed by atoms with Crippen LogP contribution in [0, 0.1) is 13.8 Å². The molecule has 1 amide bonds. The molecule has 4 heteroatoms. The Labute approximate surface area is 115 Å². The van der Waals surface area contributed by atoms with Crippen LogP contribution in [0.3, 0.4) is 0 Å². The maximum Gasteiger partial charge on any atom is 0.240 e. The lowest BCUT2D eigenvalue weighted by Crippen LogP contribution is -2.51. The van der Waals surface area contributed by atoms with Crippen LogP contribution in [-0.4, -0.2) is 29.9 Å². The lowest BCUT2D eigenvalue weighted by Gasteiger charge is -2.36. The van der Waals surface area contributed by atoms with Gasteiger partial charge in [0.25, 0.3) is 0 Å². The first-order chi connectivity index (χ1) is 9.04. The van der Waals surface area contributed by atoms with Crippen molar-refractivity contribution in [3.8, 4) is 0 Å². The van der Waals surface area contributed by atoms with Gasteiger partial charge in [0.15, 0.2) is 0 Å². The van der Waals surface area contributed by atoms with Crippen LogP contribution >= 0.6 is 0 Å². The van der Waals surface area contributed by atoms with Crippen LogP contribution in [0.5, 0.6) is 0 Å². The highest BCUT2D eigenvalue weighted by molar-refractivity contribution is 5.83. The van der Waals surface area contributed by atoms with Gasteiger partial charge in [-0.1, -0.05) is 6.92 Å². The topological polar surface area (TPSA) is 45.5 Å². The molecule has 0 spiro atoms. The van der Waals surface area contributed by atoms with Crippen molar-refractivity contribution in [2.24, 2.45) is 0 Å². The van der Waals surface area contributed by atoms with Gasteiger partial charge in [-0.05, 0) is 46.2 Å². The van der Waals surface area contributed by atoms with E-state index in [1.165, 1.54) is 0 Å².